The Morgan fingerprint density at radius 2 is 1.75 bits per heavy atom. The Labute approximate surface area is 164 Å². The molecular formula is C20H28F2N2O4. The lowest BCUT2D eigenvalue weighted by Crippen LogP contribution is -2.41. The van der Waals surface area contributed by atoms with Crippen LogP contribution in [0.25, 0.3) is 0 Å². The van der Waals surface area contributed by atoms with Gasteiger partial charge in [-0.2, -0.15) is 0 Å². The highest BCUT2D eigenvalue weighted by Crippen LogP contribution is 2.24. The Bertz CT molecular complexity index is 688. The number of hydrogen-bond acceptors (Lipinski definition) is 4. The van der Waals surface area contributed by atoms with E-state index in [1.165, 1.54) is 0 Å². The van der Waals surface area contributed by atoms with E-state index in [1.54, 1.807) is 4.90 Å². The molecule has 2 rings (SSSR count). The number of amides is 2. The molecule has 1 aromatic carbocycles. The van der Waals surface area contributed by atoms with Crippen LogP contribution in [0.2, 0.25) is 0 Å². The third kappa shape index (κ3) is 6.35. The van der Waals surface area contributed by atoms with Crippen LogP contribution in [0, 0.1) is 17.6 Å². The Hall–Kier alpha value is -2.38. The summed E-state index contributed by atoms with van der Waals surface area (Å²) in [5.41, 5.74) is 3.68. The fourth-order valence-electron chi connectivity index (χ4n) is 3.16. The third-order valence-corrected chi connectivity index (χ3v) is 4.55. The van der Waals surface area contributed by atoms with Crippen LogP contribution < -0.4 is 10.5 Å². The number of ether oxygens (including phenoxy) is 2. The minimum Gasteiger partial charge on any atom is -0.493 e. The molecule has 0 spiro atoms. The molecule has 1 aliphatic heterocycles. The van der Waals surface area contributed by atoms with Crippen molar-refractivity contribution >= 4 is 12.0 Å². The molecule has 8 heteroatoms. The van der Waals surface area contributed by atoms with E-state index in [0.29, 0.717) is 25.6 Å². The summed E-state index contributed by atoms with van der Waals surface area (Å²) >= 11 is 0. The standard InChI is InChI=1S/C20H28F2N2O4/c1-20(2,3)28-19(26)24-8-6-13(7-9-24)5-4-10-27-14-11-15(21)17(18(23)25)16(22)12-14/h11-13H,4-10H2,1-3H3,(H2,23,25). The van der Waals surface area contributed by atoms with Crippen LogP contribution in [0.5, 0.6) is 5.75 Å². The zero-order chi connectivity index (χ0) is 20.9. The van der Waals surface area contributed by atoms with Gasteiger partial charge in [0.15, 0.2) is 0 Å². The van der Waals surface area contributed by atoms with E-state index in [0.717, 1.165) is 37.8 Å². The topological polar surface area (TPSA) is 81.9 Å². The summed E-state index contributed by atoms with van der Waals surface area (Å²) in [6, 6.07) is 1.92. The lowest BCUT2D eigenvalue weighted by atomic mass is 9.92. The molecule has 156 valence electrons. The molecular weight excluding hydrogens is 370 g/mol. The predicted molar refractivity (Wildman–Crippen MR) is 100 cm³/mol. The maximum Gasteiger partial charge on any atom is 0.410 e. The van der Waals surface area contributed by atoms with Gasteiger partial charge in [-0.05, 0) is 52.4 Å². The second-order valence-electron chi connectivity index (χ2n) is 8.03. The molecule has 1 aliphatic rings. The van der Waals surface area contributed by atoms with Crippen molar-refractivity contribution in [2.45, 2.75) is 52.1 Å². The Balaban J connectivity index is 1.71. The second kappa shape index (κ2) is 9.21. The fourth-order valence-corrected chi connectivity index (χ4v) is 3.16. The van der Waals surface area contributed by atoms with Gasteiger partial charge in [-0.1, -0.05) is 0 Å². The number of likely N-dealkylation sites (tertiary alicyclic amines) is 1. The molecule has 1 fully saturated rings. The summed E-state index contributed by atoms with van der Waals surface area (Å²) in [4.78, 5) is 24.8. The molecule has 0 aliphatic carbocycles. The summed E-state index contributed by atoms with van der Waals surface area (Å²) in [6.45, 7) is 7.16. The van der Waals surface area contributed by atoms with Crippen molar-refractivity contribution in [3.8, 4) is 5.75 Å². The van der Waals surface area contributed by atoms with Gasteiger partial charge < -0.3 is 20.1 Å². The van der Waals surface area contributed by atoms with Crippen LogP contribution in [0.4, 0.5) is 13.6 Å². The maximum absolute atomic E-state index is 13.7. The van der Waals surface area contributed by atoms with E-state index in [4.69, 9.17) is 15.2 Å². The summed E-state index contributed by atoms with van der Waals surface area (Å²) < 4.78 is 38.2. The van der Waals surface area contributed by atoms with Gasteiger partial charge in [0.2, 0.25) is 0 Å². The quantitative estimate of drug-likeness (QED) is 0.738. The molecule has 0 saturated carbocycles. The van der Waals surface area contributed by atoms with E-state index in [1.807, 2.05) is 20.8 Å². The fraction of sp³-hybridized carbons (Fsp3) is 0.600. The van der Waals surface area contributed by atoms with Crippen molar-refractivity contribution in [3.63, 3.8) is 0 Å². The van der Waals surface area contributed by atoms with Gasteiger partial charge in [-0.25, -0.2) is 13.6 Å². The van der Waals surface area contributed by atoms with Crippen molar-refractivity contribution in [1.82, 2.24) is 4.90 Å². The molecule has 0 bridgehead atoms. The lowest BCUT2D eigenvalue weighted by molar-refractivity contribution is 0.0179. The molecule has 28 heavy (non-hydrogen) atoms. The van der Waals surface area contributed by atoms with Gasteiger partial charge >= 0.3 is 6.09 Å². The van der Waals surface area contributed by atoms with E-state index in [-0.39, 0.29) is 11.8 Å². The first-order valence-electron chi connectivity index (χ1n) is 9.46. The number of rotatable bonds is 6. The normalized spacial score (nSPS) is 15.4. The van der Waals surface area contributed by atoms with Crippen molar-refractivity contribution in [1.29, 1.82) is 0 Å². The van der Waals surface area contributed by atoms with Gasteiger partial charge in [0.1, 0.15) is 28.5 Å². The molecule has 0 radical (unpaired) electrons. The highest BCUT2D eigenvalue weighted by Gasteiger charge is 2.26. The Kier molecular flexibility index (Phi) is 7.21. The zero-order valence-electron chi connectivity index (χ0n) is 16.6. The molecule has 1 aromatic rings. The molecule has 1 heterocycles. The molecule has 6 nitrogen and oxygen atoms in total. The van der Waals surface area contributed by atoms with Crippen LogP contribution in [-0.2, 0) is 4.74 Å². The number of carbonyl (C=O) groups excluding carboxylic acids is 2. The summed E-state index contributed by atoms with van der Waals surface area (Å²) in [6.07, 6.45) is 3.11. The minimum atomic E-state index is -1.15. The third-order valence-electron chi connectivity index (χ3n) is 4.55. The van der Waals surface area contributed by atoms with E-state index >= 15 is 0 Å². The molecule has 1 saturated heterocycles. The Morgan fingerprint density at radius 1 is 1.18 bits per heavy atom. The van der Waals surface area contributed by atoms with E-state index in [9.17, 15) is 18.4 Å². The van der Waals surface area contributed by atoms with Gasteiger partial charge in [-0.15, -0.1) is 0 Å². The molecule has 2 amide bonds. The van der Waals surface area contributed by atoms with Gasteiger partial charge in [-0.3, -0.25) is 4.79 Å². The number of piperidine rings is 1. The average molecular weight is 398 g/mol. The SMILES string of the molecule is CC(C)(C)OC(=O)N1CCC(CCCOc2cc(F)c(C(N)=O)c(F)c2)CC1. The number of carbonyl (C=O) groups is 2. The number of primary amides is 1. The number of nitrogens with zero attached hydrogens (tertiary/aromatic N) is 1. The maximum atomic E-state index is 13.7. The van der Waals surface area contributed by atoms with Crippen LogP contribution in [0.1, 0.15) is 56.8 Å². The van der Waals surface area contributed by atoms with Crippen LogP contribution in [0.15, 0.2) is 12.1 Å². The van der Waals surface area contributed by atoms with Crippen molar-refractivity contribution < 1.29 is 27.8 Å². The van der Waals surface area contributed by atoms with E-state index < -0.39 is 28.7 Å². The van der Waals surface area contributed by atoms with Crippen LogP contribution in [-0.4, -0.2) is 42.2 Å². The summed E-state index contributed by atoms with van der Waals surface area (Å²) in [5.74, 6) is -2.72. The lowest BCUT2D eigenvalue weighted by Gasteiger charge is -2.33. The van der Waals surface area contributed by atoms with Crippen molar-refractivity contribution in [3.05, 3.63) is 29.3 Å². The van der Waals surface area contributed by atoms with Gasteiger partial charge in [0.05, 0.1) is 6.61 Å². The van der Waals surface area contributed by atoms with Crippen LogP contribution in [0.3, 0.4) is 0 Å². The predicted octanol–water partition coefficient (Wildman–Crippen LogP) is 3.87. The van der Waals surface area contributed by atoms with Gasteiger partial charge in [0.25, 0.3) is 5.91 Å². The first-order chi connectivity index (χ1) is 13.1. The monoisotopic (exact) mass is 398 g/mol. The smallest absolute Gasteiger partial charge is 0.410 e. The number of halogens is 2. The molecule has 0 aromatic heterocycles. The average Bonchev–Trinajstić information content (AvgIpc) is 2.57. The zero-order valence-corrected chi connectivity index (χ0v) is 16.6. The minimum absolute atomic E-state index is 0.0275. The highest BCUT2D eigenvalue weighted by atomic mass is 19.1. The number of hydrogen-bond donors (Lipinski definition) is 1. The van der Waals surface area contributed by atoms with Crippen molar-refractivity contribution in [2.24, 2.45) is 11.7 Å². The van der Waals surface area contributed by atoms with E-state index in [2.05, 4.69) is 0 Å². The molecule has 0 unspecified atom stereocenters. The summed E-state index contributed by atoms with van der Waals surface area (Å²) in [7, 11) is 0. The molecule has 0 atom stereocenters. The molecule has 2 N–H and O–H groups in total. The van der Waals surface area contributed by atoms with Crippen LogP contribution >= 0.6 is 0 Å². The first-order valence-corrected chi connectivity index (χ1v) is 9.46. The summed E-state index contributed by atoms with van der Waals surface area (Å²) in [5, 5.41) is 0. The number of nitrogens with two attached hydrogens (primary N) is 1. The van der Waals surface area contributed by atoms with Gasteiger partial charge in [0, 0.05) is 25.2 Å². The Morgan fingerprint density at radius 3 is 2.25 bits per heavy atom. The number of benzene rings is 1. The first kappa shape index (κ1) is 21.9. The highest BCUT2D eigenvalue weighted by molar-refractivity contribution is 5.93. The van der Waals surface area contributed by atoms with Crippen molar-refractivity contribution in [2.75, 3.05) is 19.7 Å². The second-order valence-corrected chi connectivity index (χ2v) is 8.03. The largest absolute Gasteiger partial charge is 0.493 e.